The summed E-state index contributed by atoms with van der Waals surface area (Å²) in [7, 11) is 0. The van der Waals surface area contributed by atoms with Crippen molar-refractivity contribution in [3.8, 4) is 0 Å². The second kappa shape index (κ2) is 11.3. The van der Waals surface area contributed by atoms with Gasteiger partial charge in [0.25, 0.3) is 5.91 Å². The van der Waals surface area contributed by atoms with Gasteiger partial charge in [0, 0.05) is 24.3 Å². The standard InChI is InChI=1S/C23H22Cl2N2O6/c1-2-27-9-10-32-20(22(27)30)12-21(29)26-16-6-3-14(4-7-16)23(31)33-13-19(28)15-5-8-17(24)18(25)11-15/h3-8,11,20H,2,9-10,12-13H2,1H3,(H,26,29). The van der Waals surface area contributed by atoms with E-state index in [4.69, 9.17) is 32.7 Å². The molecule has 0 bridgehead atoms. The van der Waals surface area contributed by atoms with Crippen LogP contribution in [-0.4, -0.2) is 60.9 Å². The van der Waals surface area contributed by atoms with Crippen molar-refractivity contribution in [1.82, 2.24) is 4.90 Å². The summed E-state index contributed by atoms with van der Waals surface area (Å²) in [5, 5.41) is 3.22. The topological polar surface area (TPSA) is 102 Å². The van der Waals surface area contributed by atoms with Crippen LogP contribution in [0.15, 0.2) is 42.5 Å². The lowest BCUT2D eigenvalue weighted by Crippen LogP contribution is -2.48. The Morgan fingerprint density at radius 3 is 2.45 bits per heavy atom. The van der Waals surface area contributed by atoms with Gasteiger partial charge >= 0.3 is 5.97 Å². The summed E-state index contributed by atoms with van der Waals surface area (Å²) >= 11 is 11.7. The molecule has 10 heteroatoms. The molecule has 0 aromatic heterocycles. The first-order valence-corrected chi connectivity index (χ1v) is 11.0. The van der Waals surface area contributed by atoms with Gasteiger partial charge in [0.1, 0.15) is 6.10 Å². The molecule has 174 valence electrons. The first-order valence-electron chi connectivity index (χ1n) is 10.2. The number of ketones is 1. The average Bonchev–Trinajstić information content (AvgIpc) is 2.81. The molecule has 2 aromatic carbocycles. The van der Waals surface area contributed by atoms with Crippen LogP contribution in [0.4, 0.5) is 5.69 Å². The molecule has 1 unspecified atom stereocenters. The summed E-state index contributed by atoms with van der Waals surface area (Å²) in [5.41, 5.74) is 0.927. The van der Waals surface area contributed by atoms with E-state index >= 15 is 0 Å². The minimum Gasteiger partial charge on any atom is -0.454 e. The van der Waals surface area contributed by atoms with E-state index in [-0.39, 0.29) is 34.4 Å². The molecule has 3 rings (SSSR count). The van der Waals surface area contributed by atoms with Gasteiger partial charge in [-0.2, -0.15) is 0 Å². The second-order valence-electron chi connectivity index (χ2n) is 7.24. The fourth-order valence-corrected chi connectivity index (χ4v) is 3.49. The third-order valence-electron chi connectivity index (χ3n) is 5.00. The summed E-state index contributed by atoms with van der Waals surface area (Å²) < 4.78 is 10.5. The van der Waals surface area contributed by atoms with Gasteiger partial charge in [0.15, 0.2) is 12.4 Å². The lowest BCUT2D eigenvalue weighted by molar-refractivity contribution is -0.154. The third-order valence-corrected chi connectivity index (χ3v) is 5.74. The van der Waals surface area contributed by atoms with E-state index in [0.717, 1.165) is 0 Å². The molecule has 0 saturated carbocycles. The summed E-state index contributed by atoms with van der Waals surface area (Å²) in [6.07, 6.45) is -0.906. The number of morpholine rings is 1. The third kappa shape index (κ3) is 6.54. The highest BCUT2D eigenvalue weighted by molar-refractivity contribution is 6.42. The zero-order valence-electron chi connectivity index (χ0n) is 17.8. The number of Topliss-reactive ketones (excluding diaryl/α,β-unsaturated/α-hetero) is 1. The Bertz CT molecular complexity index is 1060. The van der Waals surface area contributed by atoms with Crippen molar-refractivity contribution in [2.24, 2.45) is 0 Å². The second-order valence-corrected chi connectivity index (χ2v) is 8.05. The minimum atomic E-state index is -0.805. The maximum Gasteiger partial charge on any atom is 0.338 e. The molecular weight excluding hydrogens is 471 g/mol. The van der Waals surface area contributed by atoms with Crippen LogP contribution in [0.2, 0.25) is 10.0 Å². The molecular formula is C23H22Cl2N2O6. The van der Waals surface area contributed by atoms with E-state index in [1.165, 1.54) is 42.5 Å². The molecule has 33 heavy (non-hydrogen) atoms. The maximum atomic E-state index is 12.3. The molecule has 1 fully saturated rings. The van der Waals surface area contributed by atoms with Crippen molar-refractivity contribution in [2.75, 3.05) is 31.6 Å². The van der Waals surface area contributed by atoms with E-state index < -0.39 is 24.5 Å². The Kier molecular flexibility index (Phi) is 8.43. The van der Waals surface area contributed by atoms with E-state index in [9.17, 15) is 19.2 Å². The molecule has 8 nitrogen and oxygen atoms in total. The normalized spacial score (nSPS) is 15.8. The van der Waals surface area contributed by atoms with Crippen LogP contribution in [0.3, 0.4) is 0 Å². The van der Waals surface area contributed by atoms with Crippen LogP contribution in [-0.2, 0) is 19.1 Å². The zero-order chi connectivity index (χ0) is 24.0. The number of benzene rings is 2. The van der Waals surface area contributed by atoms with Gasteiger partial charge in [-0.25, -0.2) is 4.79 Å². The van der Waals surface area contributed by atoms with Crippen molar-refractivity contribution < 1.29 is 28.7 Å². The number of hydrogen-bond donors (Lipinski definition) is 1. The molecule has 1 N–H and O–H groups in total. The Labute approximate surface area is 200 Å². The molecule has 1 saturated heterocycles. The van der Waals surface area contributed by atoms with Gasteiger partial charge in [-0.05, 0) is 49.4 Å². The Hall–Kier alpha value is -2.94. The fraction of sp³-hybridized carbons (Fsp3) is 0.304. The average molecular weight is 493 g/mol. The van der Waals surface area contributed by atoms with Crippen molar-refractivity contribution in [1.29, 1.82) is 0 Å². The van der Waals surface area contributed by atoms with Crippen molar-refractivity contribution >= 4 is 52.5 Å². The predicted molar refractivity (Wildman–Crippen MR) is 123 cm³/mol. The van der Waals surface area contributed by atoms with Gasteiger partial charge in [0.2, 0.25) is 5.91 Å². The summed E-state index contributed by atoms with van der Waals surface area (Å²) in [4.78, 5) is 50.6. The molecule has 0 spiro atoms. The highest BCUT2D eigenvalue weighted by Gasteiger charge is 2.30. The first kappa shape index (κ1) is 24.7. The van der Waals surface area contributed by atoms with Crippen LogP contribution in [0.5, 0.6) is 0 Å². The smallest absolute Gasteiger partial charge is 0.338 e. The SMILES string of the molecule is CCN1CCOC(CC(=O)Nc2ccc(C(=O)OCC(=O)c3ccc(Cl)c(Cl)c3)cc2)C1=O. The minimum absolute atomic E-state index is 0.101. The van der Waals surface area contributed by atoms with Gasteiger partial charge in [-0.15, -0.1) is 0 Å². The number of amides is 2. The number of carbonyl (C=O) groups is 4. The summed E-state index contributed by atoms with van der Waals surface area (Å²) in [6.45, 7) is 2.89. The van der Waals surface area contributed by atoms with Crippen molar-refractivity contribution in [3.63, 3.8) is 0 Å². The highest BCUT2D eigenvalue weighted by Crippen LogP contribution is 2.23. The fourth-order valence-electron chi connectivity index (χ4n) is 3.19. The molecule has 2 aromatic rings. The number of ether oxygens (including phenoxy) is 2. The predicted octanol–water partition coefficient (Wildman–Crippen LogP) is 3.61. The Morgan fingerprint density at radius 1 is 1.09 bits per heavy atom. The number of likely N-dealkylation sites (N-methyl/N-ethyl adjacent to an activating group) is 1. The number of hydrogen-bond acceptors (Lipinski definition) is 6. The zero-order valence-corrected chi connectivity index (χ0v) is 19.3. The molecule has 1 heterocycles. The first-order chi connectivity index (χ1) is 15.8. The van der Waals surface area contributed by atoms with Gasteiger partial charge in [0.05, 0.1) is 28.6 Å². The van der Waals surface area contributed by atoms with E-state index in [0.29, 0.717) is 30.4 Å². The van der Waals surface area contributed by atoms with Gasteiger partial charge < -0.3 is 19.7 Å². The largest absolute Gasteiger partial charge is 0.454 e. The molecule has 1 aliphatic heterocycles. The van der Waals surface area contributed by atoms with Crippen LogP contribution in [0.25, 0.3) is 0 Å². The van der Waals surface area contributed by atoms with Crippen LogP contribution in [0.1, 0.15) is 34.1 Å². The van der Waals surface area contributed by atoms with Crippen LogP contribution < -0.4 is 5.32 Å². The van der Waals surface area contributed by atoms with Crippen LogP contribution >= 0.6 is 23.2 Å². The molecule has 0 aliphatic carbocycles. The van der Waals surface area contributed by atoms with E-state index in [1.807, 2.05) is 6.92 Å². The number of anilines is 1. The van der Waals surface area contributed by atoms with E-state index in [1.54, 1.807) is 4.90 Å². The van der Waals surface area contributed by atoms with Crippen molar-refractivity contribution in [3.05, 3.63) is 63.6 Å². The monoisotopic (exact) mass is 492 g/mol. The van der Waals surface area contributed by atoms with Crippen LogP contribution in [0, 0.1) is 0 Å². The lowest BCUT2D eigenvalue weighted by atomic mass is 10.1. The number of esters is 1. The Balaban J connectivity index is 1.50. The van der Waals surface area contributed by atoms with Crippen molar-refractivity contribution in [2.45, 2.75) is 19.4 Å². The number of nitrogens with one attached hydrogen (secondary N) is 1. The molecule has 1 atom stereocenters. The lowest BCUT2D eigenvalue weighted by Gasteiger charge is -2.31. The number of carbonyl (C=O) groups excluding carboxylic acids is 4. The molecule has 2 amide bonds. The number of nitrogens with zero attached hydrogens (tertiary/aromatic N) is 1. The summed E-state index contributed by atoms with van der Waals surface area (Å²) in [5.74, 6) is -1.70. The maximum absolute atomic E-state index is 12.3. The summed E-state index contributed by atoms with van der Waals surface area (Å²) in [6, 6.07) is 10.4. The molecule has 0 radical (unpaired) electrons. The number of rotatable bonds is 8. The quantitative estimate of drug-likeness (QED) is 0.446. The van der Waals surface area contributed by atoms with E-state index in [2.05, 4.69) is 5.32 Å². The number of halogens is 2. The van der Waals surface area contributed by atoms with Gasteiger partial charge in [-0.3, -0.25) is 14.4 Å². The highest BCUT2D eigenvalue weighted by atomic mass is 35.5. The molecule has 1 aliphatic rings. The van der Waals surface area contributed by atoms with Gasteiger partial charge in [-0.1, -0.05) is 23.2 Å². The Morgan fingerprint density at radius 2 is 1.79 bits per heavy atom.